The maximum atomic E-state index is 2.45. The lowest BCUT2D eigenvalue weighted by atomic mass is 10.0. The topological polar surface area (TPSA) is 13.0 Å². The third kappa shape index (κ3) is 9.46. The molecule has 0 aliphatic carbocycles. The van der Waals surface area contributed by atoms with Crippen LogP contribution in [-0.2, 0) is 0 Å². The van der Waals surface area contributed by atoms with Crippen molar-refractivity contribution in [2.75, 3.05) is 69.0 Å². The normalized spacial score (nSPS) is 24.6. The van der Waals surface area contributed by atoms with E-state index in [1.54, 1.807) is 0 Å². The van der Waals surface area contributed by atoms with E-state index in [-0.39, 0.29) is 0 Å². The van der Waals surface area contributed by atoms with Crippen molar-refractivity contribution in [2.24, 2.45) is 5.92 Å². The van der Waals surface area contributed by atoms with Gasteiger partial charge >= 0.3 is 0 Å². The first-order valence-electron chi connectivity index (χ1n) is 8.31. The Hall–Kier alpha value is -0.160. The van der Waals surface area contributed by atoms with E-state index in [9.17, 15) is 0 Å². The third-order valence-corrected chi connectivity index (χ3v) is 4.71. The van der Waals surface area contributed by atoms with Crippen molar-refractivity contribution in [3.63, 3.8) is 0 Å². The lowest BCUT2D eigenvalue weighted by Crippen LogP contribution is -2.31. The predicted molar refractivity (Wildman–Crippen MR) is 95.1 cm³/mol. The summed E-state index contributed by atoms with van der Waals surface area (Å²) in [5.74, 6) is 0.884. The lowest BCUT2D eigenvalue weighted by Gasteiger charge is -2.22. The number of hydrogen-bond donors (Lipinski definition) is 0. The first kappa shape index (κ1) is 20.8. The van der Waals surface area contributed by atoms with Crippen LogP contribution in [0.4, 0.5) is 0 Å². The second-order valence-electron chi connectivity index (χ2n) is 7.44. The van der Waals surface area contributed by atoms with Crippen LogP contribution in [0.15, 0.2) is 0 Å². The standard InChI is InChI=1S/C9H20N2.C8H20N2/c1-8-9(7-10(2)3)5-6-11(8)4;1-8(10(4)5)6-7-9(2)3/h8-9H,5-7H2,1-4H3;8H,6-7H2,1-5H3. The average Bonchev–Trinajstić information content (AvgIpc) is 2.68. The molecule has 0 saturated carbocycles. The van der Waals surface area contributed by atoms with Gasteiger partial charge in [-0.1, -0.05) is 0 Å². The molecule has 1 heterocycles. The molecule has 3 atom stereocenters. The van der Waals surface area contributed by atoms with Crippen molar-refractivity contribution in [2.45, 2.75) is 38.8 Å². The van der Waals surface area contributed by atoms with Crippen LogP contribution in [-0.4, -0.2) is 101 Å². The molecule has 0 amide bonds. The molecule has 4 heteroatoms. The Kier molecular flexibility index (Phi) is 10.5. The summed E-state index contributed by atoms with van der Waals surface area (Å²) in [5.41, 5.74) is 0. The van der Waals surface area contributed by atoms with E-state index in [1.807, 2.05) is 0 Å². The Labute approximate surface area is 134 Å². The van der Waals surface area contributed by atoms with Crippen molar-refractivity contribution >= 4 is 0 Å². The summed E-state index contributed by atoms with van der Waals surface area (Å²) in [7, 11) is 15.0. The van der Waals surface area contributed by atoms with Crippen LogP contribution in [0.25, 0.3) is 0 Å². The number of likely N-dealkylation sites (tertiary alicyclic amines) is 1. The molecule has 128 valence electrons. The van der Waals surface area contributed by atoms with Crippen LogP contribution >= 0.6 is 0 Å². The molecule has 0 aromatic carbocycles. The third-order valence-electron chi connectivity index (χ3n) is 4.71. The van der Waals surface area contributed by atoms with E-state index in [0.29, 0.717) is 6.04 Å². The highest BCUT2D eigenvalue weighted by Gasteiger charge is 2.27. The van der Waals surface area contributed by atoms with Gasteiger partial charge in [0, 0.05) is 18.6 Å². The van der Waals surface area contributed by atoms with Gasteiger partial charge in [-0.05, 0) is 95.0 Å². The molecule has 0 bridgehead atoms. The Morgan fingerprint density at radius 2 is 1.62 bits per heavy atom. The number of rotatable bonds is 6. The van der Waals surface area contributed by atoms with Gasteiger partial charge in [-0.3, -0.25) is 0 Å². The van der Waals surface area contributed by atoms with E-state index in [2.05, 4.69) is 82.8 Å². The number of hydrogen-bond acceptors (Lipinski definition) is 4. The first-order chi connectivity index (χ1) is 9.65. The smallest absolute Gasteiger partial charge is 0.0105 e. The van der Waals surface area contributed by atoms with Crippen LogP contribution in [0.1, 0.15) is 26.7 Å². The van der Waals surface area contributed by atoms with E-state index in [1.165, 1.54) is 32.5 Å². The molecule has 1 fully saturated rings. The van der Waals surface area contributed by atoms with Crippen LogP contribution in [0.5, 0.6) is 0 Å². The molecule has 1 saturated heterocycles. The van der Waals surface area contributed by atoms with Crippen LogP contribution in [0.2, 0.25) is 0 Å². The van der Waals surface area contributed by atoms with Crippen molar-refractivity contribution in [3.05, 3.63) is 0 Å². The molecule has 0 N–H and O–H groups in total. The van der Waals surface area contributed by atoms with E-state index < -0.39 is 0 Å². The van der Waals surface area contributed by atoms with E-state index >= 15 is 0 Å². The van der Waals surface area contributed by atoms with Gasteiger partial charge in [0.25, 0.3) is 0 Å². The molecule has 1 aliphatic heterocycles. The van der Waals surface area contributed by atoms with Gasteiger partial charge in [0.05, 0.1) is 0 Å². The summed E-state index contributed by atoms with van der Waals surface area (Å²) in [6.45, 7) is 8.29. The van der Waals surface area contributed by atoms with Gasteiger partial charge in [0.15, 0.2) is 0 Å². The van der Waals surface area contributed by atoms with Gasteiger partial charge < -0.3 is 19.6 Å². The molecule has 4 nitrogen and oxygen atoms in total. The lowest BCUT2D eigenvalue weighted by molar-refractivity contribution is 0.249. The summed E-state index contributed by atoms with van der Waals surface area (Å²) in [6.07, 6.45) is 2.62. The molecule has 21 heavy (non-hydrogen) atoms. The second kappa shape index (κ2) is 10.5. The zero-order valence-corrected chi connectivity index (χ0v) is 16.1. The van der Waals surface area contributed by atoms with Crippen molar-refractivity contribution in [3.8, 4) is 0 Å². The summed E-state index contributed by atoms with van der Waals surface area (Å²) in [4.78, 5) is 9.22. The molecule has 3 unspecified atom stereocenters. The Bertz CT molecular complexity index is 253. The SMILES string of the molecule is CC(CCN(C)C)N(C)C.CC1C(CN(C)C)CCN1C. The maximum absolute atomic E-state index is 2.45. The van der Waals surface area contributed by atoms with Gasteiger partial charge in [-0.15, -0.1) is 0 Å². The summed E-state index contributed by atoms with van der Waals surface area (Å²) in [5, 5.41) is 0. The Balaban J connectivity index is 0.000000384. The van der Waals surface area contributed by atoms with Gasteiger partial charge in [-0.2, -0.15) is 0 Å². The second-order valence-corrected chi connectivity index (χ2v) is 7.44. The molecule has 0 aromatic rings. The fraction of sp³-hybridized carbons (Fsp3) is 1.00. The monoisotopic (exact) mass is 300 g/mol. The predicted octanol–water partition coefficient (Wildman–Crippen LogP) is 1.78. The van der Waals surface area contributed by atoms with Crippen LogP contribution in [0, 0.1) is 5.92 Å². The quantitative estimate of drug-likeness (QED) is 0.741. The zero-order valence-electron chi connectivity index (χ0n) is 16.1. The highest BCUT2D eigenvalue weighted by Crippen LogP contribution is 2.22. The summed E-state index contributed by atoms with van der Waals surface area (Å²) in [6, 6.07) is 1.47. The minimum Gasteiger partial charge on any atom is -0.309 e. The fourth-order valence-corrected chi connectivity index (χ4v) is 2.59. The van der Waals surface area contributed by atoms with E-state index in [0.717, 1.165) is 12.0 Å². The Morgan fingerprint density at radius 1 is 1.05 bits per heavy atom. The zero-order chi connectivity index (χ0) is 16.6. The van der Waals surface area contributed by atoms with Crippen molar-refractivity contribution < 1.29 is 0 Å². The van der Waals surface area contributed by atoms with Crippen molar-refractivity contribution in [1.29, 1.82) is 0 Å². The molecular weight excluding hydrogens is 260 g/mol. The maximum Gasteiger partial charge on any atom is 0.0105 e. The summed E-state index contributed by atoms with van der Waals surface area (Å²) >= 11 is 0. The molecule has 0 spiro atoms. The van der Waals surface area contributed by atoms with Crippen LogP contribution < -0.4 is 0 Å². The molecule has 1 aliphatic rings. The molecule has 1 rings (SSSR count). The first-order valence-corrected chi connectivity index (χ1v) is 8.31. The van der Waals surface area contributed by atoms with Crippen molar-refractivity contribution in [1.82, 2.24) is 19.6 Å². The fourth-order valence-electron chi connectivity index (χ4n) is 2.59. The molecular formula is C17H40N4. The summed E-state index contributed by atoms with van der Waals surface area (Å²) < 4.78 is 0. The van der Waals surface area contributed by atoms with Gasteiger partial charge in [0.1, 0.15) is 0 Å². The molecule has 0 aromatic heterocycles. The minimum atomic E-state index is 0.697. The Morgan fingerprint density at radius 3 is 1.95 bits per heavy atom. The van der Waals surface area contributed by atoms with Crippen LogP contribution in [0.3, 0.4) is 0 Å². The highest BCUT2D eigenvalue weighted by atomic mass is 15.2. The average molecular weight is 301 g/mol. The van der Waals surface area contributed by atoms with Gasteiger partial charge in [-0.25, -0.2) is 0 Å². The highest BCUT2D eigenvalue weighted by molar-refractivity contribution is 4.82. The molecule has 0 radical (unpaired) electrons. The minimum absolute atomic E-state index is 0.697. The van der Waals surface area contributed by atoms with E-state index in [4.69, 9.17) is 0 Å². The largest absolute Gasteiger partial charge is 0.309 e. The number of nitrogens with zero attached hydrogens (tertiary/aromatic N) is 4. The van der Waals surface area contributed by atoms with Gasteiger partial charge in [0.2, 0.25) is 0 Å².